The van der Waals surface area contributed by atoms with Crippen molar-refractivity contribution in [2.45, 2.75) is 24.3 Å². The second-order valence-electron chi connectivity index (χ2n) is 4.98. The summed E-state index contributed by atoms with van der Waals surface area (Å²) in [5.74, 6) is 0. The molecule has 6 heteroatoms. The number of hydrogen-bond donors (Lipinski definition) is 1. The monoisotopic (exact) mass is 337 g/mol. The maximum Gasteiger partial charge on any atom is 0.241 e. The summed E-state index contributed by atoms with van der Waals surface area (Å²) in [4.78, 5) is 11.7. The molecule has 2 rings (SSSR count). The van der Waals surface area contributed by atoms with Gasteiger partial charge in [-0.25, -0.2) is 8.42 Å². The molecule has 4 nitrogen and oxygen atoms in total. The molecule has 116 valence electrons. The van der Waals surface area contributed by atoms with Crippen LogP contribution in [0.2, 0.25) is 0 Å². The second kappa shape index (κ2) is 7.05. The Morgan fingerprint density at radius 2 is 1.68 bits per heavy atom. The van der Waals surface area contributed by atoms with Gasteiger partial charge in [0.05, 0.1) is 10.9 Å². The van der Waals surface area contributed by atoms with Crippen LogP contribution in [0, 0.1) is 6.92 Å². The Morgan fingerprint density at radius 1 is 1.09 bits per heavy atom. The highest BCUT2D eigenvalue weighted by molar-refractivity contribution is 7.89. The van der Waals surface area contributed by atoms with Gasteiger partial charge in [0.1, 0.15) is 0 Å². The predicted molar refractivity (Wildman–Crippen MR) is 86.3 cm³/mol. The number of sulfonamides is 1. The molecular weight excluding hydrogens is 322 g/mol. The summed E-state index contributed by atoms with van der Waals surface area (Å²) >= 11 is 5.55. The molecule has 0 spiro atoms. The lowest BCUT2D eigenvalue weighted by Gasteiger charge is -2.15. The molecule has 0 radical (unpaired) electrons. The van der Waals surface area contributed by atoms with E-state index in [0.29, 0.717) is 0 Å². The van der Waals surface area contributed by atoms with Gasteiger partial charge in [0.25, 0.3) is 0 Å². The first-order valence-electron chi connectivity index (χ1n) is 6.71. The molecule has 0 aliphatic carbocycles. The number of carbonyl (C=O) groups is 1. The number of rotatable bonds is 6. The van der Waals surface area contributed by atoms with E-state index in [9.17, 15) is 13.2 Å². The molecule has 0 bridgehead atoms. The predicted octanol–water partition coefficient (Wildman–Crippen LogP) is 2.65. The Hall–Kier alpha value is -1.69. The van der Waals surface area contributed by atoms with Crippen LogP contribution in [-0.4, -0.2) is 19.7 Å². The molecule has 0 heterocycles. The number of halogens is 1. The zero-order valence-corrected chi connectivity index (χ0v) is 13.6. The average Bonchev–Trinajstić information content (AvgIpc) is 2.48. The lowest BCUT2D eigenvalue weighted by Crippen LogP contribution is -2.40. The highest BCUT2D eigenvalue weighted by Crippen LogP contribution is 2.13. The van der Waals surface area contributed by atoms with Gasteiger partial charge in [-0.1, -0.05) is 48.0 Å². The largest absolute Gasteiger partial charge is 0.279 e. The molecule has 0 amide bonds. The minimum absolute atomic E-state index is 0.106. The topological polar surface area (TPSA) is 63.2 Å². The Kier molecular flexibility index (Phi) is 5.34. The molecule has 0 aromatic heterocycles. The van der Waals surface area contributed by atoms with Gasteiger partial charge in [-0.15, -0.1) is 0 Å². The molecule has 0 saturated heterocycles. The van der Waals surface area contributed by atoms with E-state index in [1.807, 2.05) is 37.3 Å². The van der Waals surface area contributed by atoms with Crippen molar-refractivity contribution in [2.75, 3.05) is 0 Å². The first-order chi connectivity index (χ1) is 10.4. The average molecular weight is 338 g/mol. The van der Waals surface area contributed by atoms with Gasteiger partial charge in [-0.2, -0.15) is 4.72 Å². The van der Waals surface area contributed by atoms with Crippen LogP contribution >= 0.6 is 11.6 Å². The smallest absolute Gasteiger partial charge is 0.241 e. The summed E-state index contributed by atoms with van der Waals surface area (Å²) in [6.07, 6.45) is 0.203. The van der Waals surface area contributed by atoms with Crippen LogP contribution in [0.5, 0.6) is 0 Å². The van der Waals surface area contributed by atoms with Gasteiger partial charge in [0.15, 0.2) is 0 Å². The lowest BCUT2D eigenvalue weighted by molar-refractivity contribution is -0.113. The van der Waals surface area contributed by atoms with Crippen LogP contribution in [0.15, 0.2) is 59.5 Å². The minimum Gasteiger partial charge on any atom is -0.279 e. The standard InChI is InChI=1S/C16H16ClNO3S/c1-12-7-9-14(10-8-12)22(20,21)18-15(16(17)19)11-13-5-3-2-4-6-13/h2-10,15,18H,11H2,1H3. The number of nitrogens with one attached hydrogen (secondary N) is 1. The Bertz CT molecular complexity index is 743. The highest BCUT2D eigenvalue weighted by atomic mass is 35.5. The third-order valence-electron chi connectivity index (χ3n) is 3.19. The molecule has 0 aliphatic rings. The Balaban J connectivity index is 2.20. The SMILES string of the molecule is Cc1ccc(S(=O)(=O)NC(Cc2ccccc2)C(=O)Cl)cc1. The van der Waals surface area contributed by atoms with Crippen LogP contribution < -0.4 is 4.72 Å². The van der Waals surface area contributed by atoms with Crippen molar-refractivity contribution in [1.82, 2.24) is 4.72 Å². The van der Waals surface area contributed by atoms with Crippen LogP contribution in [0.25, 0.3) is 0 Å². The third kappa shape index (κ3) is 4.40. The Labute approximate surface area is 135 Å². The van der Waals surface area contributed by atoms with E-state index in [2.05, 4.69) is 4.72 Å². The molecular formula is C16H16ClNO3S. The maximum absolute atomic E-state index is 12.3. The van der Waals surface area contributed by atoms with E-state index in [1.165, 1.54) is 12.1 Å². The molecule has 1 atom stereocenters. The van der Waals surface area contributed by atoms with Crippen LogP contribution in [-0.2, 0) is 21.2 Å². The number of benzene rings is 2. The van der Waals surface area contributed by atoms with Crippen molar-refractivity contribution < 1.29 is 13.2 Å². The van der Waals surface area contributed by atoms with E-state index in [4.69, 9.17) is 11.6 Å². The second-order valence-corrected chi connectivity index (χ2v) is 7.07. The van der Waals surface area contributed by atoms with Crippen LogP contribution in [0.1, 0.15) is 11.1 Å². The summed E-state index contributed by atoms with van der Waals surface area (Å²) in [7, 11) is -3.80. The zero-order valence-electron chi connectivity index (χ0n) is 12.0. The molecule has 0 saturated carbocycles. The summed E-state index contributed by atoms with van der Waals surface area (Å²) in [5, 5.41) is -0.737. The number of aryl methyl sites for hydroxylation is 1. The minimum atomic E-state index is -3.80. The van der Waals surface area contributed by atoms with Crippen molar-refractivity contribution >= 4 is 26.9 Å². The fourth-order valence-corrected chi connectivity index (χ4v) is 3.38. The molecule has 0 fully saturated rings. The molecule has 0 aliphatic heterocycles. The van der Waals surface area contributed by atoms with Gasteiger partial charge in [-0.05, 0) is 42.6 Å². The molecule has 1 N–H and O–H groups in total. The molecule has 2 aromatic rings. The van der Waals surface area contributed by atoms with Gasteiger partial charge in [-0.3, -0.25) is 4.79 Å². The van der Waals surface area contributed by atoms with Gasteiger partial charge in [0.2, 0.25) is 15.3 Å². The third-order valence-corrected chi connectivity index (χ3v) is 4.94. The molecule has 1 unspecified atom stereocenters. The Morgan fingerprint density at radius 3 is 2.23 bits per heavy atom. The normalized spacial score (nSPS) is 12.8. The number of carbonyl (C=O) groups excluding carboxylic acids is 1. The van der Waals surface area contributed by atoms with Gasteiger partial charge < -0.3 is 0 Å². The van der Waals surface area contributed by atoms with Crippen molar-refractivity contribution in [3.05, 3.63) is 65.7 Å². The van der Waals surface area contributed by atoms with Crippen molar-refractivity contribution in [2.24, 2.45) is 0 Å². The maximum atomic E-state index is 12.3. The summed E-state index contributed by atoms with van der Waals surface area (Å²) in [6.45, 7) is 1.87. The van der Waals surface area contributed by atoms with Crippen LogP contribution in [0.3, 0.4) is 0 Å². The van der Waals surface area contributed by atoms with E-state index < -0.39 is 21.3 Å². The zero-order chi connectivity index (χ0) is 16.2. The van der Waals surface area contributed by atoms with E-state index >= 15 is 0 Å². The van der Waals surface area contributed by atoms with Gasteiger partial charge in [0, 0.05) is 0 Å². The van der Waals surface area contributed by atoms with Gasteiger partial charge >= 0.3 is 0 Å². The number of hydrogen-bond acceptors (Lipinski definition) is 3. The lowest BCUT2D eigenvalue weighted by atomic mass is 10.1. The fourth-order valence-electron chi connectivity index (χ4n) is 1.99. The van der Waals surface area contributed by atoms with E-state index in [1.54, 1.807) is 12.1 Å². The molecule has 22 heavy (non-hydrogen) atoms. The van der Waals surface area contributed by atoms with Crippen molar-refractivity contribution in [3.63, 3.8) is 0 Å². The van der Waals surface area contributed by atoms with Crippen molar-refractivity contribution in [3.8, 4) is 0 Å². The fraction of sp³-hybridized carbons (Fsp3) is 0.188. The summed E-state index contributed by atoms with van der Waals surface area (Å²) < 4.78 is 27.0. The quantitative estimate of drug-likeness (QED) is 0.824. The first-order valence-corrected chi connectivity index (χ1v) is 8.57. The summed E-state index contributed by atoms with van der Waals surface area (Å²) in [5.41, 5.74) is 1.78. The van der Waals surface area contributed by atoms with Crippen molar-refractivity contribution in [1.29, 1.82) is 0 Å². The van der Waals surface area contributed by atoms with E-state index in [0.717, 1.165) is 11.1 Å². The summed E-state index contributed by atoms with van der Waals surface area (Å²) in [6, 6.07) is 14.5. The molecule has 2 aromatic carbocycles. The highest BCUT2D eigenvalue weighted by Gasteiger charge is 2.24. The first kappa shape index (κ1) is 16.7. The van der Waals surface area contributed by atoms with E-state index in [-0.39, 0.29) is 11.3 Å². The van der Waals surface area contributed by atoms with Crippen LogP contribution in [0.4, 0.5) is 0 Å².